The largest absolute Gasteiger partial charge is 0.494 e. The number of allylic oxidation sites excluding steroid dienone is 1. The van der Waals surface area contributed by atoms with Crippen molar-refractivity contribution in [3.63, 3.8) is 0 Å². The standard InChI is InChI=1S/C22H19FN2O/c1-3-6-15-13-24-19(12-14-9-10-20(26-2)17(23)11-14)22-21(15)16-7-4-5-8-18(16)25-22/h3-5,7-11,13,25H,1,6,12H2,2H3. The van der Waals surface area contributed by atoms with Gasteiger partial charge in [0.05, 0.1) is 18.3 Å². The summed E-state index contributed by atoms with van der Waals surface area (Å²) in [6, 6.07) is 13.2. The van der Waals surface area contributed by atoms with E-state index in [4.69, 9.17) is 4.74 Å². The molecule has 0 unspecified atom stereocenters. The van der Waals surface area contributed by atoms with Crippen LogP contribution in [0.3, 0.4) is 0 Å². The second kappa shape index (κ2) is 6.64. The second-order valence-corrected chi connectivity index (χ2v) is 6.29. The zero-order valence-corrected chi connectivity index (χ0v) is 14.6. The van der Waals surface area contributed by atoms with Crippen molar-refractivity contribution in [2.24, 2.45) is 0 Å². The summed E-state index contributed by atoms with van der Waals surface area (Å²) in [6.07, 6.45) is 5.08. The number of pyridine rings is 1. The Morgan fingerprint density at radius 1 is 1.23 bits per heavy atom. The first kappa shape index (κ1) is 16.3. The third-order valence-corrected chi connectivity index (χ3v) is 4.64. The van der Waals surface area contributed by atoms with Crippen LogP contribution in [0.4, 0.5) is 4.39 Å². The van der Waals surface area contributed by atoms with Gasteiger partial charge in [0, 0.05) is 28.9 Å². The summed E-state index contributed by atoms with van der Waals surface area (Å²) < 4.78 is 19.0. The fourth-order valence-electron chi connectivity index (χ4n) is 3.43. The summed E-state index contributed by atoms with van der Waals surface area (Å²) in [5.41, 5.74) is 4.96. The van der Waals surface area contributed by atoms with Crippen molar-refractivity contribution < 1.29 is 9.13 Å². The van der Waals surface area contributed by atoms with Crippen molar-refractivity contribution >= 4 is 21.8 Å². The van der Waals surface area contributed by atoms with Crippen LogP contribution >= 0.6 is 0 Å². The van der Waals surface area contributed by atoms with Gasteiger partial charge in [-0.25, -0.2) is 4.39 Å². The lowest BCUT2D eigenvalue weighted by Crippen LogP contribution is -1.98. The highest BCUT2D eigenvalue weighted by Crippen LogP contribution is 2.31. The van der Waals surface area contributed by atoms with Gasteiger partial charge >= 0.3 is 0 Å². The molecule has 2 aromatic carbocycles. The molecule has 0 saturated carbocycles. The number of nitrogens with zero attached hydrogens (tertiary/aromatic N) is 1. The monoisotopic (exact) mass is 346 g/mol. The first-order chi connectivity index (χ1) is 12.7. The normalized spacial score (nSPS) is 11.2. The molecule has 0 atom stereocenters. The number of para-hydroxylation sites is 1. The van der Waals surface area contributed by atoms with Crippen molar-refractivity contribution in [3.8, 4) is 5.75 Å². The van der Waals surface area contributed by atoms with E-state index in [-0.39, 0.29) is 11.6 Å². The van der Waals surface area contributed by atoms with Gasteiger partial charge in [0.25, 0.3) is 0 Å². The number of ether oxygens (including phenoxy) is 1. The molecule has 0 aliphatic rings. The Balaban J connectivity index is 1.86. The van der Waals surface area contributed by atoms with E-state index in [0.717, 1.165) is 34.3 Å². The molecule has 0 fully saturated rings. The van der Waals surface area contributed by atoms with E-state index >= 15 is 0 Å². The quantitative estimate of drug-likeness (QED) is 0.505. The minimum absolute atomic E-state index is 0.249. The van der Waals surface area contributed by atoms with Gasteiger partial charge in [-0.05, 0) is 35.7 Å². The van der Waals surface area contributed by atoms with Crippen LogP contribution in [0.1, 0.15) is 16.8 Å². The Morgan fingerprint density at radius 3 is 2.85 bits per heavy atom. The molecule has 0 aliphatic heterocycles. The number of halogens is 1. The molecule has 130 valence electrons. The fourth-order valence-corrected chi connectivity index (χ4v) is 3.43. The molecule has 0 saturated heterocycles. The Morgan fingerprint density at radius 2 is 2.08 bits per heavy atom. The summed E-state index contributed by atoms with van der Waals surface area (Å²) in [5, 5.41) is 2.34. The Kier molecular flexibility index (Phi) is 4.17. The Labute approximate surface area is 151 Å². The third kappa shape index (κ3) is 2.73. The van der Waals surface area contributed by atoms with Gasteiger partial charge in [-0.15, -0.1) is 6.58 Å². The smallest absolute Gasteiger partial charge is 0.165 e. The van der Waals surface area contributed by atoms with E-state index in [1.165, 1.54) is 23.9 Å². The van der Waals surface area contributed by atoms with Crippen molar-refractivity contribution in [2.75, 3.05) is 7.11 Å². The summed E-state index contributed by atoms with van der Waals surface area (Å²) in [4.78, 5) is 8.14. The molecule has 4 rings (SSSR count). The van der Waals surface area contributed by atoms with Crippen molar-refractivity contribution in [3.05, 3.63) is 84.0 Å². The van der Waals surface area contributed by atoms with E-state index < -0.39 is 0 Å². The van der Waals surface area contributed by atoms with Crippen molar-refractivity contribution in [1.29, 1.82) is 0 Å². The number of rotatable bonds is 5. The number of nitrogens with one attached hydrogen (secondary N) is 1. The van der Waals surface area contributed by atoms with E-state index in [1.807, 2.05) is 30.5 Å². The number of aromatic amines is 1. The van der Waals surface area contributed by atoms with Crippen LogP contribution in [-0.2, 0) is 12.8 Å². The molecule has 0 amide bonds. The molecule has 1 N–H and O–H groups in total. The lowest BCUT2D eigenvalue weighted by Gasteiger charge is -2.08. The van der Waals surface area contributed by atoms with Crippen molar-refractivity contribution in [2.45, 2.75) is 12.8 Å². The summed E-state index contributed by atoms with van der Waals surface area (Å²) in [5.74, 6) is -0.111. The summed E-state index contributed by atoms with van der Waals surface area (Å²) in [6.45, 7) is 3.85. The highest BCUT2D eigenvalue weighted by atomic mass is 19.1. The minimum atomic E-state index is -0.360. The number of hydrogen-bond donors (Lipinski definition) is 1. The van der Waals surface area contributed by atoms with Crippen molar-refractivity contribution in [1.82, 2.24) is 9.97 Å². The second-order valence-electron chi connectivity index (χ2n) is 6.29. The zero-order chi connectivity index (χ0) is 18.1. The fraction of sp³-hybridized carbons (Fsp3) is 0.136. The van der Waals surface area contributed by atoms with Crippen LogP contribution in [0.25, 0.3) is 21.8 Å². The number of methoxy groups -OCH3 is 1. The van der Waals surface area contributed by atoms with Gasteiger partial charge in [-0.2, -0.15) is 0 Å². The van der Waals surface area contributed by atoms with Crippen LogP contribution in [-0.4, -0.2) is 17.1 Å². The molecule has 0 aliphatic carbocycles. The topological polar surface area (TPSA) is 37.9 Å². The summed E-state index contributed by atoms with van der Waals surface area (Å²) in [7, 11) is 1.46. The SMILES string of the molecule is C=CCc1cnc(Cc2ccc(OC)c(F)c2)c2[nH]c3ccccc3c12. The predicted octanol–water partition coefficient (Wildman–Crippen LogP) is 5.18. The maximum atomic E-state index is 14.0. The van der Waals surface area contributed by atoms with E-state index in [9.17, 15) is 4.39 Å². The predicted molar refractivity (Wildman–Crippen MR) is 103 cm³/mol. The van der Waals surface area contributed by atoms with Gasteiger partial charge in [0.1, 0.15) is 0 Å². The number of H-pyrrole nitrogens is 1. The van der Waals surface area contributed by atoms with E-state index in [2.05, 4.69) is 28.7 Å². The average Bonchev–Trinajstić information content (AvgIpc) is 3.04. The number of fused-ring (bicyclic) bond motifs is 3. The molecule has 2 heterocycles. The van der Waals surface area contributed by atoms with Gasteiger partial charge in [0.15, 0.2) is 11.6 Å². The molecular weight excluding hydrogens is 327 g/mol. The number of benzene rings is 2. The number of hydrogen-bond acceptors (Lipinski definition) is 2. The van der Waals surface area contributed by atoms with Crippen LogP contribution in [0.15, 0.2) is 61.3 Å². The van der Waals surface area contributed by atoms with Crippen LogP contribution in [0, 0.1) is 5.82 Å². The Bertz CT molecular complexity index is 1110. The third-order valence-electron chi connectivity index (χ3n) is 4.64. The van der Waals surface area contributed by atoms with Crippen LogP contribution < -0.4 is 4.74 Å². The van der Waals surface area contributed by atoms with Gasteiger partial charge in [0.2, 0.25) is 0 Å². The minimum Gasteiger partial charge on any atom is -0.494 e. The van der Waals surface area contributed by atoms with E-state index in [0.29, 0.717) is 6.42 Å². The maximum absolute atomic E-state index is 14.0. The maximum Gasteiger partial charge on any atom is 0.165 e. The molecule has 0 bridgehead atoms. The molecule has 0 spiro atoms. The van der Waals surface area contributed by atoms with Gasteiger partial charge in [-0.3, -0.25) is 4.98 Å². The van der Waals surface area contributed by atoms with E-state index in [1.54, 1.807) is 6.07 Å². The molecular formula is C22H19FN2O. The first-order valence-electron chi connectivity index (χ1n) is 8.51. The molecule has 4 aromatic rings. The average molecular weight is 346 g/mol. The first-order valence-corrected chi connectivity index (χ1v) is 8.51. The Hall–Kier alpha value is -3.14. The lowest BCUT2D eigenvalue weighted by atomic mass is 10.0. The zero-order valence-electron chi connectivity index (χ0n) is 14.6. The molecule has 0 radical (unpaired) electrons. The number of aromatic nitrogens is 2. The molecule has 26 heavy (non-hydrogen) atoms. The van der Waals surface area contributed by atoms with Gasteiger partial charge < -0.3 is 9.72 Å². The highest BCUT2D eigenvalue weighted by molar-refractivity contribution is 6.09. The van der Waals surface area contributed by atoms with Crippen LogP contribution in [0.5, 0.6) is 5.75 Å². The molecule has 3 nitrogen and oxygen atoms in total. The molecule has 4 heteroatoms. The van der Waals surface area contributed by atoms with Gasteiger partial charge in [-0.1, -0.05) is 30.3 Å². The lowest BCUT2D eigenvalue weighted by molar-refractivity contribution is 0.386. The molecule has 2 aromatic heterocycles. The van der Waals surface area contributed by atoms with Crippen LogP contribution in [0.2, 0.25) is 0 Å². The summed E-state index contributed by atoms with van der Waals surface area (Å²) >= 11 is 0. The highest BCUT2D eigenvalue weighted by Gasteiger charge is 2.14.